The van der Waals surface area contributed by atoms with Gasteiger partial charge in [0.2, 0.25) is 5.91 Å². The van der Waals surface area contributed by atoms with E-state index in [0.29, 0.717) is 23.8 Å². The number of benzene rings is 1. The van der Waals surface area contributed by atoms with Crippen molar-refractivity contribution in [2.75, 3.05) is 32.1 Å². The van der Waals surface area contributed by atoms with E-state index in [-0.39, 0.29) is 11.9 Å². The number of anilines is 1. The highest BCUT2D eigenvalue weighted by Crippen LogP contribution is 2.11. The van der Waals surface area contributed by atoms with Gasteiger partial charge in [-0.25, -0.2) is 0 Å². The Kier molecular flexibility index (Phi) is 7.28. The van der Waals surface area contributed by atoms with Gasteiger partial charge in [0.05, 0.1) is 13.2 Å². The summed E-state index contributed by atoms with van der Waals surface area (Å²) < 4.78 is 5.13. The second kappa shape index (κ2) is 8.71. The summed E-state index contributed by atoms with van der Waals surface area (Å²) in [6.07, 6.45) is 0. The molecule has 1 aromatic rings. The average molecular weight is 309 g/mol. The maximum absolute atomic E-state index is 12.1. The molecule has 0 aliphatic rings. The van der Waals surface area contributed by atoms with Gasteiger partial charge in [-0.05, 0) is 25.6 Å². The number of carbonyl (C=O) groups is 1. The number of likely N-dealkylation sites (N-methyl/N-ethyl adjacent to an activating group) is 1. The molecule has 1 atom stereocenters. The zero-order chi connectivity index (χ0) is 15.8. The number of methoxy groups -OCH3 is 1. The Morgan fingerprint density at radius 2 is 2.24 bits per heavy atom. The van der Waals surface area contributed by atoms with Crippen LogP contribution in [0.1, 0.15) is 19.4 Å². The van der Waals surface area contributed by atoms with E-state index in [1.165, 1.54) is 0 Å². The van der Waals surface area contributed by atoms with E-state index in [0.717, 1.165) is 12.1 Å². The van der Waals surface area contributed by atoms with Crippen LogP contribution in [0.5, 0.6) is 0 Å². The Hall–Kier alpha value is -1.50. The number of thiocarbonyl (C=S) groups is 1. The summed E-state index contributed by atoms with van der Waals surface area (Å²) >= 11 is 4.93. The third kappa shape index (κ3) is 5.79. The van der Waals surface area contributed by atoms with Crippen LogP contribution in [0.3, 0.4) is 0 Å². The van der Waals surface area contributed by atoms with Crippen LogP contribution in [0.25, 0.3) is 0 Å². The molecule has 21 heavy (non-hydrogen) atoms. The summed E-state index contributed by atoms with van der Waals surface area (Å²) in [6.45, 7) is 5.75. The molecule has 0 bridgehead atoms. The molecule has 0 heterocycles. The van der Waals surface area contributed by atoms with Crippen LogP contribution < -0.4 is 11.1 Å². The smallest absolute Gasteiger partial charge is 0.238 e. The Balaban J connectivity index is 2.64. The number of nitrogens with zero attached hydrogens (tertiary/aromatic N) is 1. The third-order valence-corrected chi connectivity index (χ3v) is 3.45. The van der Waals surface area contributed by atoms with Crippen molar-refractivity contribution in [3.63, 3.8) is 0 Å². The number of carbonyl (C=O) groups excluding carboxylic acids is 1. The molecule has 1 unspecified atom stereocenters. The molecule has 1 amide bonds. The van der Waals surface area contributed by atoms with Gasteiger partial charge in [-0.1, -0.05) is 31.3 Å². The van der Waals surface area contributed by atoms with Crippen LogP contribution in [0.15, 0.2) is 24.3 Å². The van der Waals surface area contributed by atoms with Gasteiger partial charge in [-0.2, -0.15) is 0 Å². The Morgan fingerprint density at radius 3 is 2.81 bits per heavy atom. The molecule has 5 nitrogen and oxygen atoms in total. The Bertz CT molecular complexity index is 494. The molecule has 3 N–H and O–H groups in total. The lowest BCUT2D eigenvalue weighted by Gasteiger charge is -2.26. The van der Waals surface area contributed by atoms with E-state index in [1.54, 1.807) is 13.2 Å². The molecule has 0 spiro atoms. The second-order valence-electron chi connectivity index (χ2n) is 4.86. The first-order valence-corrected chi connectivity index (χ1v) is 7.31. The number of rotatable bonds is 8. The number of nitrogens with one attached hydrogen (secondary N) is 1. The first-order valence-electron chi connectivity index (χ1n) is 6.90. The second-order valence-corrected chi connectivity index (χ2v) is 5.30. The monoisotopic (exact) mass is 309 g/mol. The van der Waals surface area contributed by atoms with Crippen molar-refractivity contribution in [1.29, 1.82) is 0 Å². The number of nitrogens with two attached hydrogens (primary N) is 1. The normalized spacial score (nSPS) is 12.2. The fourth-order valence-electron chi connectivity index (χ4n) is 2.06. The summed E-state index contributed by atoms with van der Waals surface area (Å²) in [5.74, 6) is -0.0695. The van der Waals surface area contributed by atoms with E-state index >= 15 is 0 Å². The highest BCUT2D eigenvalue weighted by atomic mass is 32.1. The van der Waals surface area contributed by atoms with Crippen LogP contribution in [0.4, 0.5) is 5.69 Å². The SMILES string of the molecule is CCN(CC(=O)Nc1cccc(C(N)=S)c1)C(C)COC. The molecular formula is C15H23N3O2S. The van der Waals surface area contributed by atoms with E-state index in [1.807, 2.05) is 32.0 Å². The Morgan fingerprint density at radius 1 is 1.52 bits per heavy atom. The van der Waals surface area contributed by atoms with Gasteiger partial charge in [-0.3, -0.25) is 9.69 Å². The zero-order valence-electron chi connectivity index (χ0n) is 12.8. The Labute approximate surface area is 131 Å². The number of ether oxygens (including phenoxy) is 1. The molecule has 0 radical (unpaired) electrons. The standard InChI is InChI=1S/C15H23N3O2S/c1-4-18(11(2)10-20-3)9-14(19)17-13-7-5-6-12(8-13)15(16)21/h5-8,11H,4,9-10H2,1-3H3,(H2,16,21)(H,17,19). The molecule has 0 saturated heterocycles. The topological polar surface area (TPSA) is 67.6 Å². The van der Waals surface area contributed by atoms with Crippen molar-refractivity contribution in [2.24, 2.45) is 5.73 Å². The van der Waals surface area contributed by atoms with Crippen molar-refractivity contribution in [2.45, 2.75) is 19.9 Å². The quantitative estimate of drug-likeness (QED) is 0.714. The van der Waals surface area contributed by atoms with Crippen LogP contribution in [0, 0.1) is 0 Å². The van der Waals surface area contributed by atoms with Crippen molar-refractivity contribution in [3.05, 3.63) is 29.8 Å². The van der Waals surface area contributed by atoms with Gasteiger partial charge in [0.15, 0.2) is 0 Å². The van der Waals surface area contributed by atoms with Crippen LogP contribution in [-0.4, -0.2) is 48.6 Å². The van der Waals surface area contributed by atoms with Crippen molar-refractivity contribution in [1.82, 2.24) is 4.90 Å². The number of amides is 1. The molecule has 6 heteroatoms. The lowest BCUT2D eigenvalue weighted by Crippen LogP contribution is -2.41. The minimum absolute atomic E-state index is 0.0695. The molecule has 0 aromatic heterocycles. The van der Waals surface area contributed by atoms with Gasteiger partial charge in [0.1, 0.15) is 4.99 Å². The summed E-state index contributed by atoms with van der Waals surface area (Å²) in [5.41, 5.74) is 7.02. The van der Waals surface area contributed by atoms with Gasteiger partial charge < -0.3 is 15.8 Å². The predicted molar refractivity (Wildman–Crippen MR) is 89.5 cm³/mol. The summed E-state index contributed by atoms with van der Waals surface area (Å²) in [6, 6.07) is 7.41. The third-order valence-electron chi connectivity index (χ3n) is 3.21. The minimum Gasteiger partial charge on any atom is -0.389 e. The lowest BCUT2D eigenvalue weighted by atomic mass is 10.2. The highest BCUT2D eigenvalue weighted by molar-refractivity contribution is 7.80. The fraction of sp³-hybridized carbons (Fsp3) is 0.467. The minimum atomic E-state index is -0.0695. The average Bonchev–Trinajstić information content (AvgIpc) is 2.45. The summed E-state index contributed by atoms with van der Waals surface area (Å²) in [4.78, 5) is 14.5. The molecular weight excluding hydrogens is 286 g/mol. The summed E-state index contributed by atoms with van der Waals surface area (Å²) in [7, 11) is 1.66. The zero-order valence-corrected chi connectivity index (χ0v) is 13.6. The molecule has 1 rings (SSSR count). The van der Waals surface area contributed by atoms with Gasteiger partial charge in [-0.15, -0.1) is 0 Å². The fourth-order valence-corrected chi connectivity index (χ4v) is 2.19. The van der Waals surface area contributed by atoms with Gasteiger partial charge in [0, 0.05) is 24.4 Å². The number of hydrogen-bond donors (Lipinski definition) is 2. The molecule has 0 aliphatic carbocycles. The van der Waals surface area contributed by atoms with Crippen LogP contribution in [-0.2, 0) is 9.53 Å². The van der Waals surface area contributed by atoms with Gasteiger partial charge in [0.25, 0.3) is 0 Å². The maximum atomic E-state index is 12.1. The number of hydrogen-bond acceptors (Lipinski definition) is 4. The van der Waals surface area contributed by atoms with Crippen LogP contribution in [0.2, 0.25) is 0 Å². The van der Waals surface area contributed by atoms with E-state index < -0.39 is 0 Å². The molecule has 0 aliphatic heterocycles. The van der Waals surface area contributed by atoms with Crippen LogP contribution >= 0.6 is 12.2 Å². The maximum Gasteiger partial charge on any atom is 0.238 e. The van der Waals surface area contributed by atoms with Gasteiger partial charge >= 0.3 is 0 Å². The van der Waals surface area contributed by atoms with Crippen molar-refractivity contribution < 1.29 is 9.53 Å². The predicted octanol–water partition coefficient (Wildman–Crippen LogP) is 1.62. The largest absolute Gasteiger partial charge is 0.389 e. The van der Waals surface area contributed by atoms with E-state index in [9.17, 15) is 4.79 Å². The first-order chi connectivity index (χ1) is 9.97. The van der Waals surface area contributed by atoms with Crippen molar-refractivity contribution in [3.8, 4) is 0 Å². The first kappa shape index (κ1) is 17.6. The molecule has 116 valence electrons. The highest BCUT2D eigenvalue weighted by Gasteiger charge is 2.15. The summed E-state index contributed by atoms with van der Waals surface area (Å²) in [5, 5.41) is 2.86. The molecule has 0 fully saturated rings. The molecule has 1 aromatic carbocycles. The molecule has 0 saturated carbocycles. The van der Waals surface area contributed by atoms with E-state index in [2.05, 4.69) is 10.2 Å². The van der Waals surface area contributed by atoms with Crippen molar-refractivity contribution >= 4 is 28.8 Å². The van der Waals surface area contributed by atoms with E-state index in [4.69, 9.17) is 22.7 Å². The lowest BCUT2D eigenvalue weighted by molar-refractivity contribution is -0.118.